The standard InChI is InChI=1S/C22H19ClN2O5S/c1-15-6-12-19(13-7-15)31(27,28)30-21-17(4-3-5-20(21)29-2)14-24-25-22(26)16-8-10-18(23)11-9-16/h3-14H,1-2H3,(H,25,26)/b24-14+. The number of hydrogen-bond acceptors (Lipinski definition) is 6. The van der Waals surface area contributed by atoms with E-state index >= 15 is 0 Å². The largest absolute Gasteiger partial charge is 0.493 e. The number of nitrogens with zero attached hydrogens (tertiary/aromatic N) is 1. The maximum atomic E-state index is 12.7. The average Bonchev–Trinajstić information content (AvgIpc) is 2.75. The molecule has 3 aromatic rings. The van der Waals surface area contributed by atoms with Crippen LogP contribution in [0.4, 0.5) is 0 Å². The van der Waals surface area contributed by atoms with E-state index in [9.17, 15) is 13.2 Å². The number of methoxy groups -OCH3 is 1. The first-order valence-electron chi connectivity index (χ1n) is 9.07. The van der Waals surface area contributed by atoms with E-state index in [4.69, 9.17) is 20.5 Å². The van der Waals surface area contributed by atoms with Crippen LogP contribution in [-0.4, -0.2) is 27.6 Å². The smallest absolute Gasteiger partial charge is 0.339 e. The van der Waals surface area contributed by atoms with Crippen LogP contribution in [0.15, 0.2) is 76.7 Å². The SMILES string of the molecule is COc1cccc(/C=N/NC(=O)c2ccc(Cl)cc2)c1OS(=O)(=O)c1ccc(C)cc1. The highest BCUT2D eigenvalue weighted by atomic mass is 35.5. The van der Waals surface area contributed by atoms with Gasteiger partial charge in [-0.2, -0.15) is 13.5 Å². The number of para-hydroxylation sites is 1. The molecule has 9 heteroatoms. The van der Waals surface area contributed by atoms with Crippen molar-refractivity contribution in [2.45, 2.75) is 11.8 Å². The number of amides is 1. The Morgan fingerprint density at radius 3 is 2.35 bits per heavy atom. The van der Waals surface area contributed by atoms with Gasteiger partial charge in [0.25, 0.3) is 5.91 Å². The van der Waals surface area contributed by atoms with Crippen molar-refractivity contribution in [2.75, 3.05) is 7.11 Å². The van der Waals surface area contributed by atoms with E-state index in [1.807, 2.05) is 6.92 Å². The summed E-state index contributed by atoms with van der Waals surface area (Å²) in [5.74, 6) is -0.302. The van der Waals surface area contributed by atoms with Gasteiger partial charge in [0.1, 0.15) is 4.90 Å². The molecular weight excluding hydrogens is 440 g/mol. The van der Waals surface area contributed by atoms with E-state index in [-0.39, 0.29) is 16.4 Å². The monoisotopic (exact) mass is 458 g/mol. The summed E-state index contributed by atoms with van der Waals surface area (Å²) in [5.41, 5.74) is 3.96. The Morgan fingerprint density at radius 2 is 1.71 bits per heavy atom. The number of ether oxygens (including phenoxy) is 1. The Morgan fingerprint density at radius 1 is 1.03 bits per heavy atom. The van der Waals surface area contributed by atoms with Gasteiger partial charge in [-0.1, -0.05) is 35.4 Å². The highest BCUT2D eigenvalue weighted by Gasteiger charge is 2.21. The normalized spacial score (nSPS) is 11.3. The Labute approximate surface area is 185 Å². The van der Waals surface area contributed by atoms with Crippen LogP contribution >= 0.6 is 11.6 Å². The summed E-state index contributed by atoms with van der Waals surface area (Å²) >= 11 is 5.82. The molecule has 0 radical (unpaired) electrons. The van der Waals surface area contributed by atoms with Crippen molar-refractivity contribution in [3.8, 4) is 11.5 Å². The molecule has 0 aliphatic heterocycles. The van der Waals surface area contributed by atoms with Gasteiger partial charge >= 0.3 is 10.1 Å². The van der Waals surface area contributed by atoms with Gasteiger partial charge in [0, 0.05) is 16.1 Å². The molecule has 3 rings (SSSR count). The fourth-order valence-electron chi connectivity index (χ4n) is 2.57. The van der Waals surface area contributed by atoms with Gasteiger partial charge in [-0.3, -0.25) is 4.79 Å². The maximum Gasteiger partial charge on any atom is 0.339 e. The van der Waals surface area contributed by atoms with Crippen LogP contribution in [-0.2, 0) is 10.1 Å². The first-order valence-corrected chi connectivity index (χ1v) is 10.9. The highest BCUT2D eigenvalue weighted by molar-refractivity contribution is 7.87. The predicted molar refractivity (Wildman–Crippen MR) is 118 cm³/mol. The van der Waals surface area contributed by atoms with Crippen molar-refractivity contribution < 1.29 is 22.1 Å². The molecule has 0 aliphatic rings. The third kappa shape index (κ3) is 5.62. The molecule has 0 aromatic heterocycles. The molecule has 0 aliphatic carbocycles. The van der Waals surface area contributed by atoms with Crippen molar-refractivity contribution >= 4 is 33.8 Å². The van der Waals surface area contributed by atoms with E-state index in [1.165, 1.54) is 25.5 Å². The summed E-state index contributed by atoms with van der Waals surface area (Å²) in [7, 11) is -2.72. The summed E-state index contributed by atoms with van der Waals surface area (Å²) in [6.07, 6.45) is 1.27. The number of hydrazone groups is 1. The molecule has 0 heterocycles. The van der Waals surface area contributed by atoms with Gasteiger partial charge in [-0.05, 0) is 55.5 Å². The van der Waals surface area contributed by atoms with Crippen LogP contribution < -0.4 is 14.3 Å². The molecule has 0 fully saturated rings. The van der Waals surface area contributed by atoms with Gasteiger partial charge in [0.05, 0.1) is 13.3 Å². The van der Waals surface area contributed by atoms with Crippen LogP contribution in [0, 0.1) is 6.92 Å². The lowest BCUT2D eigenvalue weighted by molar-refractivity contribution is 0.0955. The third-order valence-corrected chi connectivity index (χ3v) is 5.70. The Balaban J connectivity index is 1.84. The average molecular weight is 459 g/mol. The number of nitrogens with one attached hydrogen (secondary N) is 1. The van der Waals surface area contributed by atoms with Crippen molar-refractivity contribution in [3.05, 3.63) is 88.4 Å². The summed E-state index contributed by atoms with van der Waals surface area (Å²) in [5, 5.41) is 4.41. The van der Waals surface area contributed by atoms with E-state index < -0.39 is 16.0 Å². The maximum absolute atomic E-state index is 12.7. The number of aryl methyl sites for hydroxylation is 1. The van der Waals surface area contributed by atoms with Crippen molar-refractivity contribution in [1.29, 1.82) is 0 Å². The van der Waals surface area contributed by atoms with Crippen LogP contribution in [0.1, 0.15) is 21.5 Å². The second-order valence-electron chi connectivity index (χ2n) is 6.44. The van der Waals surface area contributed by atoms with Crippen LogP contribution in [0.25, 0.3) is 0 Å². The fraction of sp³-hybridized carbons (Fsp3) is 0.0909. The second kappa shape index (κ2) is 9.63. The zero-order chi connectivity index (χ0) is 22.4. The Bertz CT molecular complexity index is 1210. The third-order valence-electron chi connectivity index (χ3n) is 4.21. The van der Waals surface area contributed by atoms with Crippen molar-refractivity contribution in [3.63, 3.8) is 0 Å². The van der Waals surface area contributed by atoms with Crippen LogP contribution in [0.2, 0.25) is 5.02 Å². The molecule has 0 bridgehead atoms. The number of hydrogen-bond donors (Lipinski definition) is 1. The first-order chi connectivity index (χ1) is 14.8. The summed E-state index contributed by atoms with van der Waals surface area (Å²) < 4.78 is 36.1. The molecule has 7 nitrogen and oxygen atoms in total. The van der Waals surface area contributed by atoms with E-state index in [1.54, 1.807) is 54.6 Å². The van der Waals surface area contributed by atoms with E-state index in [0.717, 1.165) is 5.56 Å². The first kappa shape index (κ1) is 22.3. The minimum Gasteiger partial charge on any atom is -0.493 e. The molecule has 0 unspecified atom stereocenters. The lowest BCUT2D eigenvalue weighted by atomic mass is 10.2. The predicted octanol–water partition coefficient (Wildman–Crippen LogP) is 4.19. The van der Waals surface area contributed by atoms with Crippen LogP contribution in [0.5, 0.6) is 11.5 Å². The lowest BCUT2D eigenvalue weighted by Crippen LogP contribution is -2.17. The van der Waals surface area contributed by atoms with Gasteiger partial charge in [0.15, 0.2) is 11.5 Å². The molecule has 31 heavy (non-hydrogen) atoms. The van der Waals surface area contributed by atoms with Crippen LogP contribution in [0.3, 0.4) is 0 Å². The van der Waals surface area contributed by atoms with E-state index in [0.29, 0.717) is 16.1 Å². The zero-order valence-corrected chi connectivity index (χ0v) is 18.3. The van der Waals surface area contributed by atoms with E-state index in [2.05, 4.69) is 10.5 Å². The van der Waals surface area contributed by atoms with Gasteiger partial charge in [-0.25, -0.2) is 5.43 Å². The molecule has 0 spiro atoms. The van der Waals surface area contributed by atoms with Gasteiger partial charge in [-0.15, -0.1) is 0 Å². The zero-order valence-electron chi connectivity index (χ0n) is 16.7. The van der Waals surface area contributed by atoms with Gasteiger partial charge in [0.2, 0.25) is 0 Å². The number of carbonyl (C=O) groups excluding carboxylic acids is 1. The van der Waals surface area contributed by atoms with Crippen molar-refractivity contribution in [2.24, 2.45) is 5.10 Å². The topological polar surface area (TPSA) is 94.1 Å². The summed E-state index contributed by atoms with van der Waals surface area (Å²) in [6, 6.07) is 17.3. The molecule has 0 saturated heterocycles. The Hall–Kier alpha value is -3.36. The lowest BCUT2D eigenvalue weighted by Gasteiger charge is -2.13. The number of halogens is 1. The minimum absolute atomic E-state index is 0.00272. The minimum atomic E-state index is -4.12. The number of benzene rings is 3. The van der Waals surface area contributed by atoms with Gasteiger partial charge < -0.3 is 8.92 Å². The number of rotatable bonds is 7. The molecule has 1 amide bonds. The molecule has 0 saturated carbocycles. The molecule has 1 N–H and O–H groups in total. The summed E-state index contributed by atoms with van der Waals surface area (Å²) in [6.45, 7) is 1.85. The summed E-state index contributed by atoms with van der Waals surface area (Å²) in [4.78, 5) is 12.2. The molecule has 3 aromatic carbocycles. The highest BCUT2D eigenvalue weighted by Crippen LogP contribution is 2.32. The molecule has 160 valence electrons. The fourth-order valence-corrected chi connectivity index (χ4v) is 3.66. The molecular formula is C22H19ClN2O5S. The molecule has 0 atom stereocenters. The second-order valence-corrected chi connectivity index (χ2v) is 8.42. The Kier molecular flexibility index (Phi) is 6.94. The quantitative estimate of drug-likeness (QED) is 0.325. The van der Waals surface area contributed by atoms with Crippen molar-refractivity contribution in [1.82, 2.24) is 5.43 Å². The number of carbonyl (C=O) groups is 1.